The highest BCUT2D eigenvalue weighted by atomic mass is 32.1. The van der Waals surface area contributed by atoms with Crippen LogP contribution in [0.3, 0.4) is 0 Å². The number of nitrogens with zero attached hydrogens (tertiary/aromatic N) is 2. The summed E-state index contributed by atoms with van der Waals surface area (Å²) < 4.78 is 4.92. The number of carbonyl (C=O) groups excluding carboxylic acids is 1. The van der Waals surface area contributed by atoms with Crippen molar-refractivity contribution in [2.75, 3.05) is 12.3 Å². The van der Waals surface area contributed by atoms with Crippen LogP contribution in [0.15, 0.2) is 40.4 Å². The molecule has 128 valence electrons. The van der Waals surface area contributed by atoms with Crippen molar-refractivity contribution in [1.82, 2.24) is 15.5 Å². The molecule has 0 aliphatic heterocycles. The molecule has 9 heteroatoms. The first-order valence-corrected chi connectivity index (χ1v) is 8.19. The SMILES string of the molecule is Nc1onc(-c2nccs2)c1C(=O)NCCc1cccc(C(=O)O)c1. The summed E-state index contributed by atoms with van der Waals surface area (Å²) >= 11 is 1.32. The molecule has 8 nitrogen and oxygen atoms in total. The first kappa shape index (κ1) is 16.7. The molecule has 0 saturated carbocycles. The lowest BCUT2D eigenvalue weighted by atomic mass is 10.1. The minimum atomic E-state index is -0.990. The van der Waals surface area contributed by atoms with E-state index in [-0.39, 0.29) is 17.0 Å². The third-order valence-corrected chi connectivity index (χ3v) is 4.23. The van der Waals surface area contributed by atoms with Gasteiger partial charge in [-0.3, -0.25) is 4.79 Å². The highest BCUT2D eigenvalue weighted by Crippen LogP contribution is 2.28. The molecule has 0 aliphatic carbocycles. The zero-order chi connectivity index (χ0) is 17.8. The van der Waals surface area contributed by atoms with Crippen LogP contribution in [0.1, 0.15) is 26.3 Å². The van der Waals surface area contributed by atoms with Gasteiger partial charge in [0.1, 0.15) is 10.6 Å². The molecule has 0 aliphatic rings. The van der Waals surface area contributed by atoms with Crippen LogP contribution in [0, 0.1) is 0 Å². The number of carboxylic acids is 1. The summed E-state index contributed by atoms with van der Waals surface area (Å²) in [7, 11) is 0. The fourth-order valence-corrected chi connectivity index (χ4v) is 2.90. The lowest BCUT2D eigenvalue weighted by Crippen LogP contribution is -2.26. The summed E-state index contributed by atoms with van der Waals surface area (Å²) in [6, 6.07) is 6.55. The summed E-state index contributed by atoms with van der Waals surface area (Å²) in [6.07, 6.45) is 2.08. The Balaban J connectivity index is 1.67. The van der Waals surface area contributed by atoms with Crippen LogP contribution < -0.4 is 11.1 Å². The van der Waals surface area contributed by atoms with E-state index in [2.05, 4.69) is 15.5 Å². The van der Waals surface area contributed by atoms with E-state index in [1.807, 2.05) is 0 Å². The number of carboxylic acid groups (broad SMARTS) is 1. The number of nitrogens with two attached hydrogens (primary N) is 1. The van der Waals surface area contributed by atoms with Crippen molar-refractivity contribution in [3.8, 4) is 10.7 Å². The molecular weight excluding hydrogens is 344 g/mol. The van der Waals surface area contributed by atoms with E-state index in [1.54, 1.807) is 29.8 Å². The van der Waals surface area contributed by atoms with Crippen molar-refractivity contribution in [2.45, 2.75) is 6.42 Å². The van der Waals surface area contributed by atoms with Crippen LogP contribution in [0.5, 0.6) is 0 Å². The van der Waals surface area contributed by atoms with Crippen molar-refractivity contribution in [1.29, 1.82) is 0 Å². The van der Waals surface area contributed by atoms with Crippen LogP contribution in [0.25, 0.3) is 10.7 Å². The molecule has 0 spiro atoms. The summed E-state index contributed by atoms with van der Waals surface area (Å²) in [4.78, 5) is 27.5. The van der Waals surface area contributed by atoms with E-state index in [9.17, 15) is 9.59 Å². The van der Waals surface area contributed by atoms with E-state index in [1.165, 1.54) is 17.4 Å². The average molecular weight is 358 g/mol. The predicted octanol–water partition coefficient (Wildman–Crippen LogP) is 2.05. The summed E-state index contributed by atoms with van der Waals surface area (Å²) in [5.41, 5.74) is 7.17. The molecule has 3 rings (SSSR count). The lowest BCUT2D eigenvalue weighted by molar-refractivity contribution is 0.0696. The normalized spacial score (nSPS) is 10.6. The Labute approximate surface area is 146 Å². The molecule has 0 radical (unpaired) electrons. The molecule has 0 bridgehead atoms. The molecule has 1 amide bonds. The number of aromatic nitrogens is 2. The molecule has 1 aromatic carbocycles. The van der Waals surface area contributed by atoms with Gasteiger partial charge in [0.05, 0.1) is 5.56 Å². The van der Waals surface area contributed by atoms with Gasteiger partial charge < -0.3 is 20.7 Å². The molecule has 4 N–H and O–H groups in total. The van der Waals surface area contributed by atoms with Crippen molar-refractivity contribution in [3.05, 3.63) is 52.5 Å². The van der Waals surface area contributed by atoms with E-state index < -0.39 is 11.9 Å². The summed E-state index contributed by atoms with van der Waals surface area (Å²) in [5.74, 6) is -1.48. The van der Waals surface area contributed by atoms with Crippen molar-refractivity contribution < 1.29 is 19.2 Å². The Kier molecular flexibility index (Phi) is 4.75. The van der Waals surface area contributed by atoms with Crippen LogP contribution in [0.4, 0.5) is 5.88 Å². The van der Waals surface area contributed by atoms with Gasteiger partial charge in [-0.25, -0.2) is 9.78 Å². The third kappa shape index (κ3) is 3.66. The second-order valence-electron chi connectivity index (χ2n) is 5.12. The minimum absolute atomic E-state index is 0.0735. The number of thiazole rings is 1. The number of nitrogens with one attached hydrogen (secondary N) is 1. The number of amides is 1. The number of anilines is 1. The standard InChI is InChI=1S/C16H14N4O4S/c17-13-11(12(20-24-13)15-19-6-7-25-15)14(21)18-5-4-9-2-1-3-10(8-9)16(22)23/h1-3,6-8H,4-5,17H2,(H,18,21)(H,22,23). The van der Waals surface area contributed by atoms with Gasteiger partial charge in [0, 0.05) is 18.1 Å². The first-order chi connectivity index (χ1) is 12.1. The van der Waals surface area contributed by atoms with Crippen molar-refractivity contribution in [2.24, 2.45) is 0 Å². The Morgan fingerprint density at radius 1 is 1.36 bits per heavy atom. The average Bonchev–Trinajstić information content (AvgIpc) is 3.24. The maximum absolute atomic E-state index is 12.4. The molecule has 0 atom stereocenters. The molecule has 0 fully saturated rings. The van der Waals surface area contributed by atoms with Crippen molar-refractivity contribution >= 4 is 29.1 Å². The van der Waals surface area contributed by atoms with E-state index in [0.29, 0.717) is 23.7 Å². The Hall–Kier alpha value is -3.20. The number of hydrogen-bond donors (Lipinski definition) is 3. The Bertz CT molecular complexity index is 905. The van der Waals surface area contributed by atoms with Gasteiger partial charge in [-0.05, 0) is 24.1 Å². The predicted molar refractivity (Wildman–Crippen MR) is 91.5 cm³/mol. The maximum Gasteiger partial charge on any atom is 0.335 e. The molecule has 2 heterocycles. The van der Waals surface area contributed by atoms with Gasteiger partial charge in [-0.1, -0.05) is 17.3 Å². The fraction of sp³-hybridized carbons (Fsp3) is 0.125. The fourth-order valence-electron chi connectivity index (χ4n) is 2.28. The number of rotatable bonds is 6. The monoisotopic (exact) mass is 358 g/mol. The third-order valence-electron chi connectivity index (χ3n) is 3.45. The molecule has 0 saturated heterocycles. The van der Waals surface area contributed by atoms with Crippen LogP contribution in [-0.2, 0) is 6.42 Å². The second-order valence-corrected chi connectivity index (χ2v) is 6.01. The van der Waals surface area contributed by atoms with Crippen LogP contribution >= 0.6 is 11.3 Å². The number of carbonyl (C=O) groups is 2. The van der Waals surface area contributed by atoms with Gasteiger partial charge in [0.25, 0.3) is 5.91 Å². The maximum atomic E-state index is 12.4. The lowest BCUT2D eigenvalue weighted by Gasteiger charge is -2.06. The number of benzene rings is 1. The van der Waals surface area contributed by atoms with Gasteiger partial charge in [-0.15, -0.1) is 11.3 Å². The van der Waals surface area contributed by atoms with Crippen LogP contribution in [-0.4, -0.2) is 33.7 Å². The highest BCUT2D eigenvalue weighted by molar-refractivity contribution is 7.13. The topological polar surface area (TPSA) is 131 Å². The van der Waals surface area contributed by atoms with Crippen molar-refractivity contribution in [3.63, 3.8) is 0 Å². The number of nitrogen functional groups attached to an aromatic ring is 1. The van der Waals surface area contributed by atoms with E-state index >= 15 is 0 Å². The van der Waals surface area contributed by atoms with Gasteiger partial charge in [-0.2, -0.15) is 0 Å². The quantitative estimate of drug-likeness (QED) is 0.614. The Morgan fingerprint density at radius 3 is 2.92 bits per heavy atom. The zero-order valence-electron chi connectivity index (χ0n) is 12.9. The summed E-state index contributed by atoms with van der Waals surface area (Å²) in [6.45, 7) is 0.309. The van der Waals surface area contributed by atoms with Crippen LogP contribution in [0.2, 0.25) is 0 Å². The van der Waals surface area contributed by atoms with Gasteiger partial charge in [0.15, 0.2) is 5.69 Å². The largest absolute Gasteiger partial charge is 0.478 e. The molecule has 2 aromatic heterocycles. The molecule has 25 heavy (non-hydrogen) atoms. The summed E-state index contributed by atoms with van der Waals surface area (Å²) in [5, 5.41) is 17.8. The number of hydrogen-bond acceptors (Lipinski definition) is 7. The van der Waals surface area contributed by atoms with Gasteiger partial charge in [0.2, 0.25) is 5.88 Å². The second kappa shape index (κ2) is 7.14. The molecule has 0 unspecified atom stereocenters. The van der Waals surface area contributed by atoms with E-state index in [0.717, 1.165) is 5.56 Å². The van der Waals surface area contributed by atoms with E-state index in [4.69, 9.17) is 15.4 Å². The molecular formula is C16H14N4O4S. The Morgan fingerprint density at radius 2 is 2.20 bits per heavy atom. The van der Waals surface area contributed by atoms with Gasteiger partial charge >= 0.3 is 5.97 Å². The zero-order valence-corrected chi connectivity index (χ0v) is 13.7. The smallest absolute Gasteiger partial charge is 0.335 e. The minimum Gasteiger partial charge on any atom is -0.478 e. The highest BCUT2D eigenvalue weighted by Gasteiger charge is 2.23. The molecule has 3 aromatic rings. The first-order valence-electron chi connectivity index (χ1n) is 7.31. The number of aromatic carboxylic acids is 1.